The smallest absolute Gasteiger partial charge is 0.350 e. The number of carbonyl (C=O) groups is 2. The van der Waals surface area contributed by atoms with E-state index in [0.29, 0.717) is 16.6 Å². The lowest BCUT2D eigenvalue weighted by molar-refractivity contribution is -0.124. The molecule has 1 aromatic heterocycles. The summed E-state index contributed by atoms with van der Waals surface area (Å²) >= 11 is 7.10. The van der Waals surface area contributed by atoms with Gasteiger partial charge in [0.15, 0.2) is 6.61 Å². The molecule has 0 radical (unpaired) electrons. The SMILES string of the molecule is CCNC(=O)COC(=O)c1sc2cc(F)ccc2c1Cl. The van der Waals surface area contributed by atoms with Crippen LogP contribution in [-0.4, -0.2) is 25.0 Å². The van der Waals surface area contributed by atoms with Crippen molar-refractivity contribution in [3.8, 4) is 0 Å². The lowest BCUT2D eigenvalue weighted by Gasteiger charge is -2.03. The average Bonchev–Trinajstić information content (AvgIpc) is 2.73. The quantitative estimate of drug-likeness (QED) is 0.882. The summed E-state index contributed by atoms with van der Waals surface area (Å²) in [5.41, 5.74) is 0. The molecule has 0 aliphatic heterocycles. The van der Waals surface area contributed by atoms with Crippen LogP contribution in [0, 0.1) is 5.82 Å². The van der Waals surface area contributed by atoms with Gasteiger partial charge in [0.1, 0.15) is 10.7 Å². The first-order chi connectivity index (χ1) is 9.52. The molecule has 1 heterocycles. The number of amides is 1. The normalized spacial score (nSPS) is 10.6. The number of rotatable bonds is 4. The third-order valence-corrected chi connectivity index (χ3v) is 4.12. The van der Waals surface area contributed by atoms with Crippen molar-refractivity contribution in [1.29, 1.82) is 0 Å². The van der Waals surface area contributed by atoms with Gasteiger partial charge in [-0.2, -0.15) is 0 Å². The van der Waals surface area contributed by atoms with Crippen LogP contribution in [0.5, 0.6) is 0 Å². The van der Waals surface area contributed by atoms with Crippen molar-refractivity contribution in [3.63, 3.8) is 0 Å². The van der Waals surface area contributed by atoms with Crippen molar-refractivity contribution < 1.29 is 18.7 Å². The Morgan fingerprint density at radius 3 is 2.90 bits per heavy atom. The van der Waals surface area contributed by atoms with Crippen molar-refractivity contribution in [3.05, 3.63) is 33.9 Å². The monoisotopic (exact) mass is 315 g/mol. The highest BCUT2D eigenvalue weighted by Crippen LogP contribution is 2.36. The van der Waals surface area contributed by atoms with E-state index < -0.39 is 11.8 Å². The first-order valence-electron chi connectivity index (χ1n) is 5.84. The number of fused-ring (bicyclic) bond motifs is 1. The summed E-state index contributed by atoms with van der Waals surface area (Å²) in [6.45, 7) is 1.85. The lowest BCUT2D eigenvalue weighted by Crippen LogP contribution is -2.28. The average molecular weight is 316 g/mol. The van der Waals surface area contributed by atoms with Gasteiger partial charge in [-0.15, -0.1) is 11.3 Å². The molecule has 0 fully saturated rings. The predicted octanol–water partition coefficient (Wildman–Crippen LogP) is 2.99. The number of hydrogen-bond donors (Lipinski definition) is 1. The van der Waals surface area contributed by atoms with Crippen LogP contribution in [0.1, 0.15) is 16.6 Å². The number of esters is 1. The van der Waals surface area contributed by atoms with E-state index in [9.17, 15) is 14.0 Å². The summed E-state index contributed by atoms with van der Waals surface area (Å²) in [6, 6.07) is 4.07. The summed E-state index contributed by atoms with van der Waals surface area (Å²) in [5.74, 6) is -1.48. The first kappa shape index (κ1) is 14.7. The van der Waals surface area contributed by atoms with E-state index in [1.165, 1.54) is 18.2 Å². The van der Waals surface area contributed by atoms with Crippen molar-refractivity contribution in [2.75, 3.05) is 13.2 Å². The van der Waals surface area contributed by atoms with E-state index in [4.69, 9.17) is 16.3 Å². The number of thiophene rings is 1. The maximum absolute atomic E-state index is 13.1. The summed E-state index contributed by atoms with van der Waals surface area (Å²) in [4.78, 5) is 23.2. The van der Waals surface area contributed by atoms with Crippen LogP contribution in [0.4, 0.5) is 4.39 Å². The van der Waals surface area contributed by atoms with Crippen LogP contribution < -0.4 is 5.32 Å². The van der Waals surface area contributed by atoms with Gasteiger partial charge >= 0.3 is 5.97 Å². The summed E-state index contributed by atoms with van der Waals surface area (Å²) in [6.07, 6.45) is 0. The van der Waals surface area contributed by atoms with Gasteiger partial charge in [0.05, 0.1) is 5.02 Å². The van der Waals surface area contributed by atoms with Crippen LogP contribution in [0.3, 0.4) is 0 Å². The second-order valence-electron chi connectivity index (χ2n) is 3.92. The lowest BCUT2D eigenvalue weighted by atomic mass is 10.2. The third kappa shape index (κ3) is 3.08. The van der Waals surface area contributed by atoms with Crippen LogP contribution in [0.25, 0.3) is 10.1 Å². The molecule has 4 nitrogen and oxygen atoms in total. The molecule has 0 aliphatic rings. The third-order valence-electron chi connectivity index (χ3n) is 2.49. The molecule has 0 saturated carbocycles. The number of nitrogens with one attached hydrogen (secondary N) is 1. The number of ether oxygens (including phenoxy) is 1. The predicted molar refractivity (Wildman–Crippen MR) is 75.8 cm³/mol. The molecule has 0 spiro atoms. The Morgan fingerprint density at radius 2 is 2.20 bits per heavy atom. The Morgan fingerprint density at radius 1 is 1.45 bits per heavy atom. The van der Waals surface area contributed by atoms with E-state index in [2.05, 4.69) is 5.32 Å². The minimum Gasteiger partial charge on any atom is -0.451 e. The molecule has 0 bridgehead atoms. The zero-order chi connectivity index (χ0) is 14.7. The fraction of sp³-hybridized carbons (Fsp3) is 0.231. The molecule has 0 aliphatic carbocycles. The topological polar surface area (TPSA) is 55.4 Å². The maximum Gasteiger partial charge on any atom is 0.350 e. The second-order valence-corrected chi connectivity index (χ2v) is 5.35. The van der Waals surface area contributed by atoms with Gasteiger partial charge in [0, 0.05) is 16.6 Å². The van der Waals surface area contributed by atoms with Crippen molar-refractivity contribution in [1.82, 2.24) is 5.32 Å². The largest absolute Gasteiger partial charge is 0.451 e. The Labute approximate surface area is 123 Å². The number of likely N-dealkylation sites (N-methyl/N-ethyl adjacent to an activating group) is 1. The van der Waals surface area contributed by atoms with Crippen molar-refractivity contribution >= 4 is 44.9 Å². The second kappa shape index (κ2) is 6.19. The van der Waals surface area contributed by atoms with Crippen LogP contribution in [0.15, 0.2) is 18.2 Å². The number of hydrogen-bond acceptors (Lipinski definition) is 4. The molecule has 1 N–H and O–H groups in total. The molecule has 1 amide bonds. The molecular weight excluding hydrogens is 305 g/mol. The van der Waals surface area contributed by atoms with Crippen molar-refractivity contribution in [2.24, 2.45) is 0 Å². The fourth-order valence-electron chi connectivity index (χ4n) is 1.62. The molecule has 106 valence electrons. The van der Waals surface area contributed by atoms with Gasteiger partial charge in [-0.1, -0.05) is 11.6 Å². The van der Waals surface area contributed by atoms with Crippen LogP contribution in [0.2, 0.25) is 5.02 Å². The molecule has 20 heavy (non-hydrogen) atoms. The van der Waals surface area contributed by atoms with Gasteiger partial charge < -0.3 is 10.1 Å². The van der Waals surface area contributed by atoms with E-state index in [-0.39, 0.29) is 22.4 Å². The Balaban J connectivity index is 2.18. The number of halogens is 2. The van der Waals surface area contributed by atoms with E-state index in [0.717, 1.165) is 11.3 Å². The highest BCUT2D eigenvalue weighted by atomic mass is 35.5. The minimum absolute atomic E-state index is 0.163. The highest BCUT2D eigenvalue weighted by molar-refractivity contribution is 7.21. The zero-order valence-corrected chi connectivity index (χ0v) is 12.1. The van der Waals surface area contributed by atoms with Crippen LogP contribution >= 0.6 is 22.9 Å². The summed E-state index contributed by atoms with van der Waals surface area (Å²) < 4.78 is 18.5. The first-order valence-corrected chi connectivity index (χ1v) is 7.03. The van der Waals surface area contributed by atoms with Gasteiger partial charge in [-0.05, 0) is 25.1 Å². The van der Waals surface area contributed by atoms with Crippen molar-refractivity contribution in [2.45, 2.75) is 6.92 Å². The molecule has 7 heteroatoms. The minimum atomic E-state index is -0.692. The van der Waals surface area contributed by atoms with Gasteiger partial charge in [0.25, 0.3) is 5.91 Å². The summed E-state index contributed by atoms with van der Waals surface area (Å²) in [5, 5.41) is 3.31. The Hall–Kier alpha value is -1.66. The van der Waals surface area contributed by atoms with Gasteiger partial charge in [-0.3, -0.25) is 4.79 Å². The number of carbonyl (C=O) groups excluding carboxylic acids is 2. The number of benzene rings is 1. The van der Waals surface area contributed by atoms with Gasteiger partial charge in [0.2, 0.25) is 0 Å². The van der Waals surface area contributed by atoms with Crippen LogP contribution in [-0.2, 0) is 9.53 Å². The van der Waals surface area contributed by atoms with E-state index in [1.54, 1.807) is 6.92 Å². The standard InChI is InChI=1S/C13H11ClFNO3S/c1-2-16-10(17)6-19-13(18)12-11(14)8-4-3-7(15)5-9(8)20-12/h3-5H,2,6H2,1H3,(H,16,17). The maximum atomic E-state index is 13.1. The zero-order valence-electron chi connectivity index (χ0n) is 10.5. The van der Waals surface area contributed by atoms with E-state index in [1.807, 2.05) is 0 Å². The molecule has 0 atom stereocenters. The molecule has 1 aromatic carbocycles. The molecule has 0 saturated heterocycles. The van der Waals surface area contributed by atoms with Gasteiger partial charge in [-0.25, -0.2) is 9.18 Å². The Bertz CT molecular complexity index is 671. The van der Waals surface area contributed by atoms with E-state index >= 15 is 0 Å². The highest BCUT2D eigenvalue weighted by Gasteiger charge is 2.19. The molecule has 2 aromatic rings. The molecule has 2 rings (SSSR count). The molecular formula is C13H11ClFNO3S. The summed E-state index contributed by atoms with van der Waals surface area (Å²) in [7, 11) is 0. The Kier molecular flexibility index (Phi) is 4.57. The molecule has 0 unspecified atom stereocenters. The fourth-order valence-corrected chi connectivity index (χ4v) is 3.04.